The first-order valence-corrected chi connectivity index (χ1v) is 9.51. The predicted octanol–water partition coefficient (Wildman–Crippen LogP) is 2.79. The number of nitrogens with one attached hydrogen (secondary N) is 1. The van der Waals surface area contributed by atoms with Gasteiger partial charge in [-0.2, -0.15) is 0 Å². The van der Waals surface area contributed by atoms with Crippen molar-refractivity contribution in [3.8, 4) is 0 Å². The fraction of sp³-hybridized carbons (Fsp3) is 0.600. The Morgan fingerprint density at radius 1 is 1.31 bits per heavy atom. The molecule has 0 spiro atoms. The quantitative estimate of drug-likeness (QED) is 0.847. The Hall–Kier alpha value is -1.59. The maximum absolute atomic E-state index is 12.8. The number of nitrogens with zero attached hydrogens (tertiary/aromatic N) is 1. The van der Waals surface area contributed by atoms with E-state index in [1.807, 2.05) is 36.1 Å². The summed E-state index contributed by atoms with van der Waals surface area (Å²) < 4.78 is 0. The molecular weight excluding hydrogens is 350 g/mol. The summed E-state index contributed by atoms with van der Waals surface area (Å²) in [4.78, 5) is 26.6. The number of fused-ring (bicyclic) bond motifs is 2. The van der Waals surface area contributed by atoms with Gasteiger partial charge in [0.1, 0.15) is 0 Å². The number of halogens is 1. The lowest BCUT2D eigenvalue weighted by molar-refractivity contribution is -0.127. The topological polar surface area (TPSA) is 75.4 Å². The molecule has 3 aliphatic rings. The van der Waals surface area contributed by atoms with Crippen LogP contribution in [0.2, 0.25) is 0 Å². The van der Waals surface area contributed by atoms with Crippen LogP contribution in [0.15, 0.2) is 24.3 Å². The van der Waals surface area contributed by atoms with E-state index in [0.717, 1.165) is 37.1 Å². The molecule has 2 amide bonds. The van der Waals surface area contributed by atoms with E-state index in [9.17, 15) is 9.59 Å². The predicted molar refractivity (Wildman–Crippen MR) is 104 cm³/mol. The monoisotopic (exact) mass is 377 g/mol. The van der Waals surface area contributed by atoms with Crippen molar-refractivity contribution in [1.82, 2.24) is 5.32 Å². The third kappa shape index (κ3) is 3.35. The second-order valence-electron chi connectivity index (χ2n) is 7.91. The Kier molecular flexibility index (Phi) is 5.58. The Morgan fingerprint density at radius 2 is 2.08 bits per heavy atom. The maximum atomic E-state index is 12.8. The third-order valence-corrected chi connectivity index (χ3v) is 6.40. The maximum Gasteiger partial charge on any atom is 0.227 e. The molecular formula is C20H28ClN3O2. The Morgan fingerprint density at radius 3 is 2.73 bits per heavy atom. The number of benzene rings is 1. The molecule has 1 aliphatic heterocycles. The van der Waals surface area contributed by atoms with Gasteiger partial charge in [-0.25, -0.2) is 0 Å². The van der Waals surface area contributed by atoms with E-state index < -0.39 is 0 Å². The smallest absolute Gasteiger partial charge is 0.227 e. The zero-order valence-corrected chi connectivity index (χ0v) is 16.0. The van der Waals surface area contributed by atoms with Gasteiger partial charge in [0, 0.05) is 24.7 Å². The molecule has 4 rings (SSSR count). The van der Waals surface area contributed by atoms with Crippen molar-refractivity contribution in [2.24, 2.45) is 23.5 Å². The number of nitrogens with two attached hydrogens (primary N) is 1. The highest BCUT2D eigenvalue weighted by molar-refractivity contribution is 5.95. The van der Waals surface area contributed by atoms with Gasteiger partial charge in [-0.05, 0) is 62.1 Å². The second-order valence-corrected chi connectivity index (χ2v) is 7.91. The molecule has 3 N–H and O–H groups in total. The molecule has 1 aromatic carbocycles. The van der Waals surface area contributed by atoms with Crippen LogP contribution in [0.5, 0.6) is 0 Å². The highest BCUT2D eigenvalue weighted by atomic mass is 35.5. The van der Waals surface area contributed by atoms with Crippen LogP contribution in [-0.4, -0.2) is 24.4 Å². The van der Waals surface area contributed by atoms with E-state index >= 15 is 0 Å². The fourth-order valence-corrected chi connectivity index (χ4v) is 5.00. The number of carbonyl (C=O) groups is 2. The van der Waals surface area contributed by atoms with E-state index in [1.54, 1.807) is 0 Å². The largest absolute Gasteiger partial charge is 0.349 e. The summed E-state index contributed by atoms with van der Waals surface area (Å²) in [6, 6.07) is 7.89. The van der Waals surface area contributed by atoms with Gasteiger partial charge in [0.05, 0.1) is 12.0 Å². The molecule has 5 nitrogen and oxygen atoms in total. The molecule has 2 saturated carbocycles. The molecule has 6 heteroatoms. The summed E-state index contributed by atoms with van der Waals surface area (Å²) in [5.41, 5.74) is 8.25. The molecule has 5 atom stereocenters. The van der Waals surface area contributed by atoms with Crippen LogP contribution in [0.1, 0.15) is 50.6 Å². The molecule has 142 valence electrons. The summed E-state index contributed by atoms with van der Waals surface area (Å²) in [5.74, 6) is 1.22. The van der Waals surface area contributed by atoms with Crippen LogP contribution >= 0.6 is 12.4 Å². The van der Waals surface area contributed by atoms with Gasteiger partial charge in [-0.3, -0.25) is 9.59 Å². The van der Waals surface area contributed by atoms with Crippen LogP contribution in [0.25, 0.3) is 0 Å². The van der Waals surface area contributed by atoms with E-state index in [4.69, 9.17) is 5.73 Å². The second kappa shape index (κ2) is 7.57. The average molecular weight is 378 g/mol. The number of rotatable bonds is 4. The summed E-state index contributed by atoms with van der Waals surface area (Å²) in [5, 5.41) is 3.16. The van der Waals surface area contributed by atoms with E-state index in [-0.39, 0.29) is 42.2 Å². The summed E-state index contributed by atoms with van der Waals surface area (Å²) >= 11 is 0. The van der Waals surface area contributed by atoms with Crippen molar-refractivity contribution in [3.63, 3.8) is 0 Å². The molecule has 2 bridgehead atoms. The fourth-order valence-electron chi connectivity index (χ4n) is 5.00. The van der Waals surface area contributed by atoms with E-state index in [2.05, 4.69) is 5.32 Å². The normalized spacial score (nSPS) is 31.0. The van der Waals surface area contributed by atoms with Crippen molar-refractivity contribution < 1.29 is 9.59 Å². The van der Waals surface area contributed by atoms with Gasteiger partial charge in [0.25, 0.3) is 0 Å². The van der Waals surface area contributed by atoms with Crippen LogP contribution in [-0.2, 0) is 9.59 Å². The lowest BCUT2D eigenvalue weighted by Crippen LogP contribution is -2.45. The van der Waals surface area contributed by atoms with Crippen molar-refractivity contribution >= 4 is 29.9 Å². The van der Waals surface area contributed by atoms with Crippen LogP contribution in [0.3, 0.4) is 0 Å². The molecule has 1 heterocycles. The Labute approximate surface area is 161 Å². The lowest BCUT2D eigenvalue weighted by Gasteiger charge is -2.28. The van der Waals surface area contributed by atoms with Crippen molar-refractivity contribution in [2.75, 3.05) is 11.4 Å². The highest BCUT2D eigenvalue weighted by Crippen LogP contribution is 2.47. The van der Waals surface area contributed by atoms with Crippen LogP contribution < -0.4 is 16.0 Å². The minimum Gasteiger partial charge on any atom is -0.349 e. The van der Waals surface area contributed by atoms with Gasteiger partial charge in [-0.1, -0.05) is 12.1 Å². The number of anilines is 1. The minimum atomic E-state index is -0.0866. The number of carbonyl (C=O) groups excluding carboxylic acids is 2. The van der Waals surface area contributed by atoms with E-state index in [1.165, 1.54) is 6.42 Å². The SMILES string of the molecule is CC(NC(=O)C1C2CCC(C2)C1N)c1cccc(N2CCCC2=O)c1.Cl. The van der Waals surface area contributed by atoms with Gasteiger partial charge in [0.15, 0.2) is 0 Å². The zero-order valence-electron chi connectivity index (χ0n) is 15.2. The number of hydrogen-bond donors (Lipinski definition) is 2. The molecule has 3 fully saturated rings. The number of hydrogen-bond acceptors (Lipinski definition) is 3. The summed E-state index contributed by atoms with van der Waals surface area (Å²) in [7, 11) is 0. The Balaban J connectivity index is 0.00000196. The average Bonchev–Trinajstić information content (AvgIpc) is 3.30. The summed E-state index contributed by atoms with van der Waals surface area (Å²) in [6.07, 6.45) is 4.96. The number of amides is 2. The lowest BCUT2D eigenvalue weighted by atomic mass is 9.84. The molecule has 2 aliphatic carbocycles. The molecule has 5 unspecified atom stereocenters. The molecule has 0 aromatic heterocycles. The van der Waals surface area contributed by atoms with Crippen LogP contribution in [0.4, 0.5) is 5.69 Å². The van der Waals surface area contributed by atoms with Crippen molar-refractivity contribution in [3.05, 3.63) is 29.8 Å². The van der Waals surface area contributed by atoms with Gasteiger partial charge in [-0.15, -0.1) is 12.4 Å². The standard InChI is InChI=1S/C20H27N3O2.ClH/c1-12(22-20(25)18-14-7-8-15(10-14)19(18)21)13-4-2-5-16(11-13)23-9-3-6-17(23)24;/h2,4-5,11-12,14-15,18-19H,3,6-10,21H2,1H3,(H,22,25);1H. The van der Waals surface area contributed by atoms with Crippen LogP contribution in [0, 0.1) is 17.8 Å². The first kappa shape index (κ1) is 19.2. The van der Waals surface area contributed by atoms with Crippen molar-refractivity contribution in [2.45, 2.75) is 51.1 Å². The minimum absolute atomic E-state index is 0. The van der Waals surface area contributed by atoms with Gasteiger partial charge < -0.3 is 16.0 Å². The molecule has 0 radical (unpaired) electrons. The molecule has 26 heavy (non-hydrogen) atoms. The molecule has 1 aromatic rings. The summed E-state index contributed by atoms with van der Waals surface area (Å²) in [6.45, 7) is 2.78. The van der Waals surface area contributed by atoms with Crippen molar-refractivity contribution in [1.29, 1.82) is 0 Å². The Bertz CT molecular complexity index is 693. The third-order valence-electron chi connectivity index (χ3n) is 6.40. The molecule has 1 saturated heterocycles. The van der Waals surface area contributed by atoms with Gasteiger partial charge in [0.2, 0.25) is 11.8 Å². The first-order valence-electron chi connectivity index (χ1n) is 9.51. The van der Waals surface area contributed by atoms with E-state index in [0.29, 0.717) is 18.3 Å². The van der Waals surface area contributed by atoms with Gasteiger partial charge >= 0.3 is 0 Å². The highest BCUT2D eigenvalue weighted by Gasteiger charge is 2.49. The zero-order chi connectivity index (χ0) is 17.6. The first-order chi connectivity index (χ1) is 12.0.